The summed E-state index contributed by atoms with van der Waals surface area (Å²) in [7, 11) is 2.41. The number of hydrogen-bond acceptors (Lipinski definition) is 4. The lowest BCUT2D eigenvalue weighted by atomic mass is 9.59. The Labute approximate surface area is 343 Å². The van der Waals surface area contributed by atoms with E-state index < -0.39 is 0 Å². The number of nitrogens with zero attached hydrogens (tertiary/aromatic N) is 1. The highest BCUT2D eigenvalue weighted by molar-refractivity contribution is 7.26. The molecular weight excluding hydrogens is 744 g/mol. The van der Waals surface area contributed by atoms with E-state index in [0.717, 1.165) is 38.8 Å². The van der Waals surface area contributed by atoms with Gasteiger partial charge in [-0.05, 0) is 88.7 Å². The molecule has 8 aromatic carbocycles. The largest absolute Gasteiger partial charge is 0.456 e. The summed E-state index contributed by atoms with van der Waals surface area (Å²) >= 11 is 3.74. The molecule has 1 N–H and O–H groups in total. The predicted octanol–water partition coefficient (Wildman–Crippen LogP) is 14.1. The third-order valence-corrected chi connectivity index (χ3v) is 14.6. The normalized spacial score (nSPS) is 12.9. The lowest BCUT2D eigenvalue weighted by Crippen LogP contribution is -2.37. The zero-order valence-corrected chi connectivity index (χ0v) is 33.7. The lowest BCUT2D eigenvalue weighted by molar-refractivity contribution is 0.590. The number of benzene rings is 8. The molecule has 5 heterocycles. The van der Waals surface area contributed by atoms with Crippen LogP contribution in [0.1, 0.15) is 26.3 Å². The average molecular weight is 778 g/mol. The number of rotatable bonds is 3. The van der Waals surface area contributed by atoms with Crippen molar-refractivity contribution in [3.8, 4) is 16.8 Å². The van der Waals surface area contributed by atoms with E-state index in [-0.39, 0.29) is 5.41 Å². The van der Waals surface area contributed by atoms with E-state index >= 15 is 0 Å². The maximum Gasteiger partial charge on any atom is 0.198 e. The molecule has 6 heteroatoms. The highest BCUT2D eigenvalue weighted by Crippen LogP contribution is 2.45. The number of anilines is 2. The maximum atomic E-state index is 6.51. The van der Waals surface area contributed by atoms with Crippen molar-refractivity contribution in [3.63, 3.8) is 0 Å². The zero-order valence-electron chi connectivity index (χ0n) is 32.1. The lowest BCUT2D eigenvalue weighted by Gasteiger charge is -2.24. The quantitative estimate of drug-likeness (QED) is 0.181. The molecule has 1 aliphatic rings. The third-order valence-electron chi connectivity index (χ3n) is 12.4. The number of para-hydroxylation sites is 1. The number of fused-ring (bicyclic) bond motifs is 14. The van der Waals surface area contributed by atoms with Gasteiger partial charge in [0.15, 0.2) is 7.28 Å². The fourth-order valence-electron chi connectivity index (χ4n) is 9.53. The van der Waals surface area contributed by atoms with Crippen molar-refractivity contribution in [3.05, 3.63) is 151 Å². The summed E-state index contributed by atoms with van der Waals surface area (Å²) < 4.78 is 14.3. The third kappa shape index (κ3) is 4.61. The van der Waals surface area contributed by atoms with Crippen LogP contribution in [0.25, 0.3) is 101 Å². The molecule has 3 nitrogen and oxygen atoms in total. The molecule has 1 aliphatic heterocycles. The van der Waals surface area contributed by atoms with Gasteiger partial charge in [0, 0.05) is 90.0 Å². The second-order valence-electron chi connectivity index (χ2n) is 16.8. The van der Waals surface area contributed by atoms with Crippen LogP contribution in [0.2, 0.25) is 0 Å². The number of hydrogen-bond donors (Lipinski definition) is 1. The van der Waals surface area contributed by atoms with Gasteiger partial charge in [-0.15, -0.1) is 22.7 Å². The summed E-state index contributed by atoms with van der Waals surface area (Å²) in [5, 5.41) is 13.9. The Balaban J connectivity index is 1.12. The van der Waals surface area contributed by atoms with Gasteiger partial charge in [-0.25, -0.2) is 0 Å². The van der Waals surface area contributed by atoms with E-state index in [1.807, 2.05) is 22.7 Å². The monoisotopic (exact) mass is 777 g/mol. The Morgan fingerprint density at radius 1 is 0.534 bits per heavy atom. The van der Waals surface area contributed by atoms with Gasteiger partial charge in [0.25, 0.3) is 0 Å². The molecule has 12 aromatic rings. The molecule has 0 spiro atoms. The molecule has 0 fully saturated rings. The predicted molar refractivity (Wildman–Crippen MR) is 253 cm³/mol. The Hall–Kier alpha value is -6.34. The minimum atomic E-state index is 0.0818. The first-order valence-corrected chi connectivity index (χ1v) is 21.5. The van der Waals surface area contributed by atoms with Crippen LogP contribution < -0.4 is 16.2 Å². The number of nitrogens with one attached hydrogen (secondary N) is 1. The van der Waals surface area contributed by atoms with E-state index in [1.54, 1.807) is 0 Å². The van der Waals surface area contributed by atoms with Crippen LogP contribution >= 0.6 is 22.7 Å². The summed E-state index contributed by atoms with van der Waals surface area (Å²) in [4.78, 5) is 0. The van der Waals surface area contributed by atoms with Crippen LogP contribution in [0.4, 0.5) is 11.4 Å². The molecule has 13 rings (SSSR count). The molecule has 58 heavy (non-hydrogen) atoms. The minimum absolute atomic E-state index is 0.0818. The van der Waals surface area contributed by atoms with Gasteiger partial charge in [-0.3, -0.25) is 0 Å². The van der Waals surface area contributed by atoms with Gasteiger partial charge in [0.1, 0.15) is 11.2 Å². The molecule has 0 unspecified atom stereocenters. The smallest absolute Gasteiger partial charge is 0.198 e. The number of aromatic nitrogens is 1. The van der Waals surface area contributed by atoms with Crippen LogP contribution in [0.5, 0.6) is 0 Å². The van der Waals surface area contributed by atoms with Crippen LogP contribution in [0, 0.1) is 0 Å². The van der Waals surface area contributed by atoms with Crippen molar-refractivity contribution in [1.82, 2.24) is 4.57 Å². The second kappa shape index (κ2) is 11.6. The second-order valence-corrected chi connectivity index (χ2v) is 19.0. The standard InChI is InChI=1S/C52H34BN2OS2/c1-52(2,3)28-16-18-29(19-17-28)54-41-26-48-38(31-11-5-8-14-46(31)57-48)22-35(41)33-20-21-34-36-23-39-32-12-6-9-15-47(32)58-49(39)27-42(36)55-43-24-37-30-10-4-7-13-44(30)56-45(37)25-40(43)53-50(33)51(34)55/h4-27,54H,1-3H3. The van der Waals surface area contributed by atoms with E-state index in [0.29, 0.717) is 0 Å². The Kier molecular flexibility index (Phi) is 6.56. The summed E-state index contributed by atoms with van der Waals surface area (Å²) in [5.41, 5.74) is 13.8. The highest BCUT2D eigenvalue weighted by atomic mass is 32.1. The summed E-state index contributed by atoms with van der Waals surface area (Å²) in [6, 6.07) is 54.0. The van der Waals surface area contributed by atoms with Crippen molar-refractivity contribution in [2.24, 2.45) is 0 Å². The topological polar surface area (TPSA) is 30.1 Å². The molecular formula is C52H34BN2OS2. The zero-order chi connectivity index (χ0) is 38.4. The average Bonchev–Trinajstić information content (AvgIpc) is 3.98. The Morgan fingerprint density at radius 2 is 1.22 bits per heavy atom. The number of furan rings is 1. The first-order valence-electron chi connectivity index (χ1n) is 19.9. The van der Waals surface area contributed by atoms with E-state index in [2.05, 4.69) is 184 Å². The van der Waals surface area contributed by atoms with Crippen LogP contribution in [-0.4, -0.2) is 11.8 Å². The SMILES string of the molecule is CC(C)(C)c1ccc(Nc2cc3sc4ccccc4c3cc2-c2ccc3c4cc5c(cc4n4c3c2[B]c2cc3oc6ccccc6c3cc2-4)sc2ccccc25)cc1. The van der Waals surface area contributed by atoms with Gasteiger partial charge in [0.2, 0.25) is 0 Å². The van der Waals surface area contributed by atoms with Gasteiger partial charge in [-0.2, -0.15) is 0 Å². The number of thiophene rings is 2. The molecule has 0 saturated carbocycles. The maximum absolute atomic E-state index is 6.51. The minimum Gasteiger partial charge on any atom is -0.456 e. The van der Waals surface area contributed by atoms with Crippen molar-refractivity contribution in [1.29, 1.82) is 0 Å². The fourth-order valence-corrected chi connectivity index (χ4v) is 11.8. The van der Waals surface area contributed by atoms with Crippen molar-refractivity contribution in [2.75, 3.05) is 5.32 Å². The molecule has 0 bridgehead atoms. The summed E-state index contributed by atoms with van der Waals surface area (Å²) in [6.07, 6.45) is 0. The molecule has 4 aromatic heterocycles. The molecule has 273 valence electrons. The van der Waals surface area contributed by atoms with Crippen LogP contribution in [-0.2, 0) is 5.41 Å². The van der Waals surface area contributed by atoms with Crippen molar-refractivity contribution >= 4 is 136 Å². The van der Waals surface area contributed by atoms with E-state index in [4.69, 9.17) is 4.42 Å². The highest BCUT2D eigenvalue weighted by Gasteiger charge is 2.29. The molecule has 0 saturated heterocycles. The van der Waals surface area contributed by atoms with Crippen LogP contribution in [0.15, 0.2) is 150 Å². The van der Waals surface area contributed by atoms with Gasteiger partial charge in [0.05, 0.1) is 5.52 Å². The van der Waals surface area contributed by atoms with Gasteiger partial charge < -0.3 is 14.3 Å². The van der Waals surface area contributed by atoms with Crippen molar-refractivity contribution < 1.29 is 4.42 Å². The molecule has 0 amide bonds. The summed E-state index contributed by atoms with van der Waals surface area (Å²) in [5.74, 6) is 0. The first-order chi connectivity index (χ1) is 28.3. The molecule has 0 aliphatic carbocycles. The van der Waals surface area contributed by atoms with Crippen molar-refractivity contribution in [2.45, 2.75) is 26.2 Å². The van der Waals surface area contributed by atoms with E-state index in [9.17, 15) is 0 Å². The Bertz CT molecular complexity index is 3720. The Morgan fingerprint density at radius 3 is 1.98 bits per heavy atom. The molecule has 1 radical (unpaired) electrons. The molecule has 0 atom stereocenters. The van der Waals surface area contributed by atoms with Gasteiger partial charge >= 0.3 is 0 Å². The first kappa shape index (κ1) is 32.7. The van der Waals surface area contributed by atoms with Crippen LogP contribution in [0.3, 0.4) is 0 Å². The fraction of sp³-hybridized carbons (Fsp3) is 0.0769. The van der Waals surface area contributed by atoms with E-state index in [1.165, 1.54) is 90.0 Å². The summed E-state index contributed by atoms with van der Waals surface area (Å²) in [6.45, 7) is 6.80. The van der Waals surface area contributed by atoms with Gasteiger partial charge in [-0.1, -0.05) is 105 Å².